The largest absolute Gasteiger partial charge is 0.348 e. The highest BCUT2D eigenvalue weighted by Gasteiger charge is 2.54. The van der Waals surface area contributed by atoms with Crippen molar-refractivity contribution in [3.8, 4) is 0 Å². The summed E-state index contributed by atoms with van der Waals surface area (Å²) in [5.41, 5.74) is 0. The van der Waals surface area contributed by atoms with Gasteiger partial charge in [-0.15, -0.1) is 0 Å². The zero-order valence-corrected chi connectivity index (χ0v) is 19.2. The summed E-state index contributed by atoms with van der Waals surface area (Å²) in [6, 6.07) is 19.5. The molecule has 3 rings (SSSR count). The van der Waals surface area contributed by atoms with E-state index in [2.05, 4.69) is 11.8 Å². The third-order valence-corrected chi connectivity index (χ3v) is 11.0. The van der Waals surface area contributed by atoms with Gasteiger partial charge in [0.1, 0.15) is 12.9 Å². The predicted molar refractivity (Wildman–Crippen MR) is 120 cm³/mol. The Hall–Kier alpha value is -1.22. The molecule has 7 heteroatoms. The molecule has 1 aliphatic heterocycles. The molecule has 29 heavy (non-hydrogen) atoms. The number of rotatable bonds is 11. The Bertz CT molecular complexity index is 821. The van der Waals surface area contributed by atoms with Crippen LogP contribution in [0.5, 0.6) is 0 Å². The van der Waals surface area contributed by atoms with Crippen LogP contribution < -0.4 is 10.6 Å². The van der Waals surface area contributed by atoms with Crippen molar-refractivity contribution in [3.63, 3.8) is 0 Å². The number of hydrogen-bond acceptors (Lipinski definition) is 5. The Morgan fingerprint density at radius 2 is 1.38 bits per heavy atom. The van der Waals surface area contributed by atoms with Gasteiger partial charge in [0.25, 0.3) is 0 Å². The standard InChI is InChI=1S/C22H31NO4P2/c1-4-19(23-17-22(23)29(25,26-5-2)27-6-3)18-28(24,20-13-9-7-10-14-20)21-15-11-8-12-16-21/h7-16,19,22H,4-6,17-18H2,1-3H3/t19-,22-,23?/m1/s1. The maximum Gasteiger partial charge on any atom is 0.348 e. The van der Waals surface area contributed by atoms with Gasteiger partial charge in [0.2, 0.25) is 0 Å². The van der Waals surface area contributed by atoms with Crippen molar-refractivity contribution in [2.45, 2.75) is 39.0 Å². The van der Waals surface area contributed by atoms with Crippen molar-refractivity contribution in [3.05, 3.63) is 60.7 Å². The van der Waals surface area contributed by atoms with E-state index < -0.39 is 14.7 Å². The highest BCUT2D eigenvalue weighted by Crippen LogP contribution is 2.61. The molecule has 0 aliphatic carbocycles. The van der Waals surface area contributed by atoms with Crippen LogP contribution in [0.15, 0.2) is 60.7 Å². The minimum atomic E-state index is -3.18. The maximum atomic E-state index is 14.4. The number of benzene rings is 2. The first kappa shape index (κ1) is 22.5. The minimum Gasteiger partial charge on any atom is -0.314 e. The van der Waals surface area contributed by atoms with Crippen molar-refractivity contribution in [1.82, 2.24) is 4.90 Å². The lowest BCUT2D eigenvalue weighted by atomic mass is 10.3. The van der Waals surface area contributed by atoms with Crippen LogP contribution in [-0.4, -0.2) is 42.6 Å². The van der Waals surface area contributed by atoms with Gasteiger partial charge in [-0.1, -0.05) is 67.6 Å². The van der Waals surface area contributed by atoms with Gasteiger partial charge in [-0.25, -0.2) is 0 Å². The summed E-state index contributed by atoms with van der Waals surface area (Å²) < 4.78 is 38.6. The molecule has 0 spiro atoms. The van der Waals surface area contributed by atoms with Crippen LogP contribution in [0, 0.1) is 0 Å². The van der Waals surface area contributed by atoms with Crippen LogP contribution >= 0.6 is 14.7 Å². The summed E-state index contributed by atoms with van der Waals surface area (Å²) in [5.74, 6) is -0.243. The molecule has 1 saturated heterocycles. The fourth-order valence-electron chi connectivity index (χ4n) is 3.85. The van der Waals surface area contributed by atoms with Crippen LogP contribution in [-0.2, 0) is 18.2 Å². The SMILES string of the molecule is CCOP(=O)(OCC)[C@@H]1CN1[C@H](CC)CP(=O)(c1ccccc1)c1ccccc1. The van der Waals surface area contributed by atoms with Gasteiger partial charge in [-0.2, -0.15) is 0 Å². The lowest BCUT2D eigenvalue weighted by Crippen LogP contribution is -2.30. The van der Waals surface area contributed by atoms with Gasteiger partial charge >= 0.3 is 7.60 Å². The molecule has 2 aromatic rings. The first-order valence-electron chi connectivity index (χ1n) is 10.3. The summed E-state index contributed by atoms with van der Waals surface area (Å²) in [6.45, 7) is 7.10. The molecular formula is C22H31NO4P2. The van der Waals surface area contributed by atoms with Gasteiger partial charge in [0.05, 0.1) is 13.2 Å². The third-order valence-electron chi connectivity index (χ3n) is 5.36. The van der Waals surface area contributed by atoms with E-state index in [9.17, 15) is 9.13 Å². The van der Waals surface area contributed by atoms with Crippen molar-refractivity contribution >= 4 is 25.3 Å². The summed E-state index contributed by atoms with van der Waals surface area (Å²) in [7, 11) is -6.01. The van der Waals surface area contributed by atoms with E-state index in [1.807, 2.05) is 74.5 Å². The number of hydrogen-bond donors (Lipinski definition) is 0. The molecule has 0 radical (unpaired) electrons. The van der Waals surface area contributed by atoms with E-state index in [-0.39, 0.29) is 11.8 Å². The normalized spacial score (nSPS) is 20.4. The number of nitrogens with zero attached hydrogens (tertiary/aromatic N) is 1. The van der Waals surface area contributed by atoms with E-state index in [1.165, 1.54) is 0 Å². The molecule has 0 bridgehead atoms. The summed E-state index contributed by atoms with van der Waals surface area (Å²) >= 11 is 0. The minimum absolute atomic E-state index is 0.0421. The zero-order chi connectivity index (χ0) is 20.9. The van der Waals surface area contributed by atoms with Gasteiger partial charge in [0, 0.05) is 29.4 Å². The van der Waals surface area contributed by atoms with Gasteiger partial charge in [0.15, 0.2) is 0 Å². The van der Waals surface area contributed by atoms with Crippen molar-refractivity contribution in [2.75, 3.05) is 25.9 Å². The molecule has 5 nitrogen and oxygen atoms in total. The summed E-state index contributed by atoms with van der Waals surface area (Å²) in [4.78, 5) is 2.14. The van der Waals surface area contributed by atoms with E-state index in [1.54, 1.807) is 0 Å². The molecule has 0 aromatic heterocycles. The van der Waals surface area contributed by atoms with Crippen LogP contribution in [0.1, 0.15) is 27.2 Å². The van der Waals surface area contributed by atoms with E-state index in [4.69, 9.17) is 9.05 Å². The monoisotopic (exact) mass is 435 g/mol. The zero-order valence-electron chi connectivity index (χ0n) is 17.4. The average Bonchev–Trinajstić information content (AvgIpc) is 3.55. The third kappa shape index (κ3) is 4.93. The highest BCUT2D eigenvalue weighted by atomic mass is 31.2. The second kappa shape index (κ2) is 9.73. The molecule has 0 saturated carbocycles. The molecule has 1 fully saturated rings. The van der Waals surface area contributed by atoms with Gasteiger partial charge in [-0.05, 0) is 20.3 Å². The van der Waals surface area contributed by atoms with Gasteiger partial charge in [-0.3, -0.25) is 9.46 Å². The average molecular weight is 435 g/mol. The fraction of sp³-hybridized carbons (Fsp3) is 0.455. The molecule has 1 unspecified atom stereocenters. The van der Waals surface area contributed by atoms with Crippen molar-refractivity contribution in [1.29, 1.82) is 0 Å². The summed E-state index contributed by atoms with van der Waals surface area (Å²) in [5, 5.41) is 1.72. The van der Waals surface area contributed by atoms with Crippen LogP contribution in [0.3, 0.4) is 0 Å². The van der Waals surface area contributed by atoms with Crippen molar-refractivity contribution in [2.24, 2.45) is 0 Å². The Labute approximate surface area is 174 Å². The molecule has 1 heterocycles. The molecule has 1 aliphatic rings. The summed E-state index contributed by atoms with van der Waals surface area (Å²) in [6.07, 6.45) is 1.32. The topological polar surface area (TPSA) is 55.6 Å². The molecule has 0 amide bonds. The smallest absolute Gasteiger partial charge is 0.314 e. The molecule has 0 N–H and O–H groups in total. The molecule has 3 atom stereocenters. The first-order chi connectivity index (χ1) is 14.0. The van der Waals surface area contributed by atoms with Crippen LogP contribution in [0.25, 0.3) is 0 Å². The maximum absolute atomic E-state index is 14.4. The fourth-order valence-corrected chi connectivity index (χ4v) is 9.02. The Morgan fingerprint density at radius 3 is 1.79 bits per heavy atom. The van der Waals surface area contributed by atoms with Gasteiger partial charge < -0.3 is 13.6 Å². The lowest BCUT2D eigenvalue weighted by molar-refractivity contribution is 0.211. The first-order valence-corrected chi connectivity index (χ1v) is 13.8. The quantitative estimate of drug-likeness (QED) is 0.379. The van der Waals surface area contributed by atoms with Crippen LogP contribution in [0.2, 0.25) is 0 Å². The predicted octanol–water partition coefficient (Wildman–Crippen LogP) is 4.69. The molecule has 2 aromatic carbocycles. The second-order valence-electron chi connectivity index (χ2n) is 7.21. The molecule has 158 valence electrons. The molecular weight excluding hydrogens is 404 g/mol. The Morgan fingerprint density at radius 1 is 0.897 bits per heavy atom. The Balaban J connectivity index is 1.88. The van der Waals surface area contributed by atoms with Crippen LogP contribution in [0.4, 0.5) is 0 Å². The van der Waals surface area contributed by atoms with E-state index >= 15 is 0 Å². The Kier molecular flexibility index (Phi) is 7.53. The van der Waals surface area contributed by atoms with E-state index in [0.717, 1.165) is 17.0 Å². The second-order valence-corrected chi connectivity index (χ2v) is 12.3. The van der Waals surface area contributed by atoms with Crippen molar-refractivity contribution < 1.29 is 18.2 Å². The lowest BCUT2D eigenvalue weighted by Gasteiger charge is -2.27. The van der Waals surface area contributed by atoms with E-state index in [0.29, 0.717) is 25.9 Å². The highest BCUT2D eigenvalue weighted by molar-refractivity contribution is 7.78.